The zero-order valence-electron chi connectivity index (χ0n) is 12.9. The minimum atomic E-state index is 0.466. The SMILES string of the molecule is NC[C@@H]1CCN(Cc2cc(Cl)ccc2OCC2CC2)CC1[Si]. The molecule has 1 aromatic rings. The van der Waals surface area contributed by atoms with Crippen molar-refractivity contribution in [2.45, 2.75) is 31.3 Å². The molecule has 1 aliphatic carbocycles. The van der Waals surface area contributed by atoms with E-state index in [0.29, 0.717) is 11.5 Å². The van der Waals surface area contributed by atoms with E-state index < -0.39 is 0 Å². The van der Waals surface area contributed by atoms with Crippen molar-refractivity contribution < 1.29 is 4.74 Å². The van der Waals surface area contributed by atoms with Crippen molar-refractivity contribution in [2.24, 2.45) is 17.6 Å². The molecule has 1 saturated heterocycles. The normalized spacial score (nSPS) is 26.1. The van der Waals surface area contributed by atoms with E-state index in [1.807, 2.05) is 18.2 Å². The Morgan fingerprint density at radius 2 is 2.14 bits per heavy atom. The van der Waals surface area contributed by atoms with Crippen LogP contribution in [0.3, 0.4) is 0 Å². The molecule has 1 unspecified atom stereocenters. The lowest BCUT2D eigenvalue weighted by atomic mass is 9.96. The molecule has 2 N–H and O–H groups in total. The number of nitrogens with zero attached hydrogens (tertiary/aromatic N) is 1. The van der Waals surface area contributed by atoms with Gasteiger partial charge in [0.05, 0.1) is 6.61 Å². The van der Waals surface area contributed by atoms with Crippen molar-refractivity contribution in [3.63, 3.8) is 0 Å². The van der Waals surface area contributed by atoms with Gasteiger partial charge < -0.3 is 10.5 Å². The summed E-state index contributed by atoms with van der Waals surface area (Å²) in [6, 6.07) is 5.97. The Morgan fingerprint density at radius 1 is 1.32 bits per heavy atom. The van der Waals surface area contributed by atoms with Crippen LogP contribution in [0.5, 0.6) is 5.75 Å². The summed E-state index contributed by atoms with van der Waals surface area (Å²) in [6.07, 6.45) is 3.75. The van der Waals surface area contributed by atoms with Crippen LogP contribution in [0, 0.1) is 11.8 Å². The molecule has 3 rings (SSSR count). The molecule has 0 spiro atoms. The first-order chi connectivity index (χ1) is 10.7. The molecule has 0 bridgehead atoms. The molecule has 3 nitrogen and oxygen atoms in total. The molecule has 1 saturated carbocycles. The van der Waals surface area contributed by atoms with Crippen LogP contribution >= 0.6 is 11.6 Å². The minimum absolute atomic E-state index is 0.466. The molecular weight excluding hydrogens is 312 g/mol. The highest BCUT2D eigenvalue weighted by atomic mass is 35.5. The molecule has 1 aliphatic heterocycles. The summed E-state index contributed by atoms with van der Waals surface area (Å²) >= 11 is 6.18. The minimum Gasteiger partial charge on any atom is -0.493 e. The number of piperidine rings is 1. The average molecular weight is 336 g/mol. The topological polar surface area (TPSA) is 38.5 Å². The fourth-order valence-electron chi connectivity index (χ4n) is 3.04. The number of benzene rings is 1. The molecule has 0 aromatic heterocycles. The van der Waals surface area contributed by atoms with E-state index in [2.05, 4.69) is 15.1 Å². The highest BCUT2D eigenvalue weighted by Gasteiger charge is 2.26. The van der Waals surface area contributed by atoms with Gasteiger partial charge in [-0.1, -0.05) is 11.6 Å². The van der Waals surface area contributed by atoms with Crippen molar-refractivity contribution in [1.82, 2.24) is 4.90 Å². The Labute approximate surface area is 141 Å². The van der Waals surface area contributed by atoms with E-state index in [1.165, 1.54) is 18.4 Å². The fourth-order valence-corrected chi connectivity index (χ4v) is 3.79. The predicted molar refractivity (Wildman–Crippen MR) is 91.6 cm³/mol. The molecule has 0 amide bonds. The van der Waals surface area contributed by atoms with Gasteiger partial charge in [-0.05, 0) is 74.5 Å². The number of likely N-dealkylation sites (tertiary alicyclic amines) is 1. The third kappa shape index (κ3) is 4.25. The molecule has 1 aromatic carbocycles. The third-order valence-electron chi connectivity index (χ3n) is 4.73. The van der Waals surface area contributed by atoms with Gasteiger partial charge in [-0.25, -0.2) is 0 Å². The predicted octanol–water partition coefficient (Wildman–Crippen LogP) is 2.87. The van der Waals surface area contributed by atoms with Gasteiger partial charge in [-0.3, -0.25) is 4.90 Å². The first-order valence-electron chi connectivity index (χ1n) is 8.20. The Balaban J connectivity index is 1.64. The van der Waals surface area contributed by atoms with Crippen LogP contribution in [-0.4, -0.2) is 41.4 Å². The largest absolute Gasteiger partial charge is 0.493 e. The monoisotopic (exact) mass is 335 g/mol. The Bertz CT molecular complexity index is 509. The zero-order valence-corrected chi connectivity index (χ0v) is 14.7. The van der Waals surface area contributed by atoms with Crippen molar-refractivity contribution in [3.8, 4) is 5.75 Å². The van der Waals surface area contributed by atoms with Crippen LogP contribution in [0.4, 0.5) is 0 Å². The molecule has 1 heterocycles. The van der Waals surface area contributed by atoms with E-state index in [9.17, 15) is 0 Å². The van der Waals surface area contributed by atoms with E-state index in [-0.39, 0.29) is 0 Å². The maximum Gasteiger partial charge on any atom is 0.123 e. The van der Waals surface area contributed by atoms with Crippen LogP contribution in [0.2, 0.25) is 10.6 Å². The second kappa shape index (κ2) is 7.34. The lowest BCUT2D eigenvalue weighted by Crippen LogP contribution is -2.39. The van der Waals surface area contributed by atoms with Gasteiger partial charge in [-0.15, -0.1) is 0 Å². The van der Waals surface area contributed by atoms with Crippen molar-refractivity contribution in [1.29, 1.82) is 0 Å². The summed E-state index contributed by atoms with van der Waals surface area (Å²) in [4.78, 5) is 2.46. The lowest BCUT2D eigenvalue weighted by molar-refractivity contribution is 0.178. The zero-order chi connectivity index (χ0) is 15.5. The summed E-state index contributed by atoms with van der Waals surface area (Å²) in [5, 5.41) is 0.778. The Morgan fingerprint density at radius 3 is 2.82 bits per heavy atom. The first kappa shape index (κ1) is 16.3. The average Bonchev–Trinajstić information content (AvgIpc) is 3.31. The number of halogens is 1. The quantitative estimate of drug-likeness (QED) is 0.812. The van der Waals surface area contributed by atoms with Crippen molar-refractivity contribution >= 4 is 21.8 Å². The third-order valence-corrected chi connectivity index (χ3v) is 5.62. The highest BCUT2D eigenvalue weighted by molar-refractivity contribution is 6.30. The summed E-state index contributed by atoms with van der Waals surface area (Å²) in [5.41, 5.74) is 7.48. The smallest absolute Gasteiger partial charge is 0.123 e. The van der Waals surface area contributed by atoms with Gasteiger partial charge in [0.15, 0.2) is 0 Å². The molecule has 3 radical (unpaired) electrons. The molecule has 5 heteroatoms. The first-order valence-corrected chi connectivity index (χ1v) is 9.16. The Kier molecular flexibility index (Phi) is 5.45. The van der Waals surface area contributed by atoms with Crippen molar-refractivity contribution in [3.05, 3.63) is 28.8 Å². The lowest BCUT2D eigenvalue weighted by Gasteiger charge is -2.36. The summed E-state index contributed by atoms with van der Waals surface area (Å²) < 4.78 is 6.01. The molecule has 22 heavy (non-hydrogen) atoms. The maximum atomic E-state index is 6.18. The van der Waals surface area contributed by atoms with Gasteiger partial charge in [0.25, 0.3) is 0 Å². The van der Waals surface area contributed by atoms with Crippen molar-refractivity contribution in [2.75, 3.05) is 26.2 Å². The summed E-state index contributed by atoms with van der Waals surface area (Å²) in [6.45, 7) is 4.59. The molecular formula is C17H24ClN2OSi. The number of ether oxygens (including phenoxy) is 1. The van der Waals surface area contributed by atoms with Gasteiger partial charge in [-0.2, -0.15) is 0 Å². The van der Waals surface area contributed by atoms with E-state index in [1.54, 1.807) is 0 Å². The second-order valence-electron chi connectivity index (χ2n) is 6.63. The number of hydrogen-bond acceptors (Lipinski definition) is 3. The summed E-state index contributed by atoms with van der Waals surface area (Å²) in [7, 11) is 3.84. The van der Waals surface area contributed by atoms with E-state index >= 15 is 0 Å². The highest BCUT2D eigenvalue weighted by Crippen LogP contribution is 2.32. The number of nitrogens with two attached hydrogens (primary N) is 1. The van der Waals surface area contributed by atoms with Gasteiger partial charge >= 0.3 is 0 Å². The maximum absolute atomic E-state index is 6.18. The molecule has 2 fully saturated rings. The van der Waals surface area contributed by atoms with Crippen LogP contribution < -0.4 is 10.5 Å². The fraction of sp³-hybridized carbons (Fsp3) is 0.647. The number of rotatable bonds is 6. The molecule has 2 atom stereocenters. The molecule has 119 valence electrons. The van der Waals surface area contributed by atoms with Crippen LogP contribution in [0.1, 0.15) is 24.8 Å². The van der Waals surface area contributed by atoms with Gasteiger partial charge in [0.2, 0.25) is 0 Å². The van der Waals surface area contributed by atoms with Crippen LogP contribution in [-0.2, 0) is 6.54 Å². The van der Waals surface area contributed by atoms with Crippen LogP contribution in [0.25, 0.3) is 0 Å². The van der Waals surface area contributed by atoms with Gasteiger partial charge in [0.1, 0.15) is 5.75 Å². The summed E-state index contributed by atoms with van der Waals surface area (Å²) in [5.74, 6) is 2.33. The van der Waals surface area contributed by atoms with Crippen LogP contribution in [0.15, 0.2) is 18.2 Å². The van der Waals surface area contributed by atoms with E-state index in [4.69, 9.17) is 22.1 Å². The standard InChI is InChI=1S/C17H24ClN2OSi/c18-15-3-4-16(21-11-12-1-2-12)14(7-15)9-20-6-5-13(8-19)17(22)10-20/h3-4,7,12-13,17H,1-2,5-6,8-11,19H2/t13-,17?/m0/s1. The van der Waals surface area contributed by atoms with Gasteiger partial charge in [0, 0.05) is 27.4 Å². The molecule has 2 aliphatic rings. The van der Waals surface area contributed by atoms with E-state index in [0.717, 1.165) is 55.9 Å². The second-order valence-corrected chi connectivity index (χ2v) is 7.81. The Hall–Kier alpha value is -0.553. The number of hydrogen-bond donors (Lipinski definition) is 1.